The van der Waals surface area contributed by atoms with Gasteiger partial charge in [-0.3, -0.25) is 4.79 Å². The fraction of sp³-hybridized carbons (Fsp3) is 0.571. The van der Waals surface area contributed by atoms with E-state index >= 15 is 0 Å². The van der Waals surface area contributed by atoms with Crippen LogP contribution in [0.1, 0.15) is 37.7 Å². The fourth-order valence-electron chi connectivity index (χ4n) is 3.86. The van der Waals surface area contributed by atoms with Gasteiger partial charge < -0.3 is 10.2 Å². The Kier molecular flexibility index (Phi) is 7.26. The molecule has 1 saturated heterocycles. The number of allylic oxidation sites excluding steroid dienone is 1. The maximum Gasteiger partial charge on any atom is 0.275 e. The average molecular weight is 407 g/mol. The number of quaternary nitrogens is 1. The first-order chi connectivity index (χ1) is 13.4. The molecule has 1 aliphatic carbocycles. The Morgan fingerprint density at radius 1 is 1.14 bits per heavy atom. The zero-order valence-electron chi connectivity index (χ0n) is 16.7. The van der Waals surface area contributed by atoms with Gasteiger partial charge in [-0.1, -0.05) is 29.3 Å². The van der Waals surface area contributed by atoms with Crippen LogP contribution in [0.4, 0.5) is 0 Å². The van der Waals surface area contributed by atoms with Gasteiger partial charge in [0.25, 0.3) is 5.91 Å². The van der Waals surface area contributed by atoms with E-state index in [2.05, 4.69) is 11.4 Å². The van der Waals surface area contributed by atoms with Crippen molar-refractivity contribution in [3.63, 3.8) is 0 Å². The summed E-state index contributed by atoms with van der Waals surface area (Å²) in [5, 5.41) is 3.02. The molecule has 0 aromatic heterocycles. The van der Waals surface area contributed by atoms with Gasteiger partial charge in [-0.05, 0) is 51.2 Å². The van der Waals surface area contributed by atoms with Gasteiger partial charge in [-0.2, -0.15) is 4.31 Å². The minimum atomic E-state index is -3.44. The molecular formula is C21H32N3O3S+. The predicted octanol–water partition coefficient (Wildman–Crippen LogP) is 0.891. The van der Waals surface area contributed by atoms with E-state index < -0.39 is 10.0 Å². The number of amides is 1. The monoisotopic (exact) mass is 406 g/mol. The van der Waals surface area contributed by atoms with Crippen molar-refractivity contribution in [3.8, 4) is 0 Å². The van der Waals surface area contributed by atoms with Crippen molar-refractivity contribution >= 4 is 15.9 Å². The summed E-state index contributed by atoms with van der Waals surface area (Å²) in [6.07, 6.45) is 8.14. The molecule has 1 fully saturated rings. The van der Waals surface area contributed by atoms with E-state index in [1.165, 1.54) is 35.6 Å². The van der Waals surface area contributed by atoms with Gasteiger partial charge in [-0.15, -0.1) is 0 Å². The second kappa shape index (κ2) is 9.67. The SMILES string of the molecule is Cc1ccc(S(=O)(=O)N2CC[NH+](CC(=O)NCCC3=CCCCC3)CC2)cc1. The lowest BCUT2D eigenvalue weighted by molar-refractivity contribution is -0.895. The lowest BCUT2D eigenvalue weighted by Crippen LogP contribution is -3.15. The van der Waals surface area contributed by atoms with Crippen LogP contribution in [0.5, 0.6) is 0 Å². The van der Waals surface area contributed by atoms with Gasteiger partial charge in [0.15, 0.2) is 6.54 Å². The van der Waals surface area contributed by atoms with E-state index in [0.29, 0.717) is 44.2 Å². The summed E-state index contributed by atoms with van der Waals surface area (Å²) < 4.78 is 27.0. The van der Waals surface area contributed by atoms with Crippen LogP contribution in [-0.2, 0) is 14.8 Å². The Morgan fingerprint density at radius 3 is 2.50 bits per heavy atom. The average Bonchev–Trinajstić information content (AvgIpc) is 2.69. The minimum Gasteiger partial charge on any atom is -0.351 e. The third-order valence-corrected chi connectivity index (χ3v) is 7.57. The highest BCUT2D eigenvalue weighted by Gasteiger charge is 2.31. The van der Waals surface area contributed by atoms with E-state index in [0.717, 1.165) is 16.9 Å². The molecule has 1 aromatic rings. The number of nitrogens with zero attached hydrogens (tertiary/aromatic N) is 1. The number of sulfonamides is 1. The Bertz CT molecular complexity index is 795. The zero-order chi connectivity index (χ0) is 20.0. The maximum absolute atomic E-state index is 12.8. The number of nitrogens with one attached hydrogen (secondary N) is 2. The first kappa shape index (κ1) is 21.0. The van der Waals surface area contributed by atoms with Crippen LogP contribution < -0.4 is 10.2 Å². The van der Waals surface area contributed by atoms with Crippen molar-refractivity contribution in [1.29, 1.82) is 0 Å². The van der Waals surface area contributed by atoms with Crippen molar-refractivity contribution < 1.29 is 18.1 Å². The lowest BCUT2D eigenvalue weighted by Gasteiger charge is -2.31. The second-order valence-corrected chi connectivity index (χ2v) is 9.79. The summed E-state index contributed by atoms with van der Waals surface area (Å²) in [6, 6.07) is 6.97. The van der Waals surface area contributed by atoms with Gasteiger partial charge in [-0.25, -0.2) is 8.42 Å². The molecule has 0 spiro atoms. The van der Waals surface area contributed by atoms with Gasteiger partial charge in [0.2, 0.25) is 10.0 Å². The first-order valence-corrected chi connectivity index (χ1v) is 11.7. The highest BCUT2D eigenvalue weighted by Crippen LogP contribution is 2.19. The third kappa shape index (κ3) is 5.65. The molecule has 2 N–H and O–H groups in total. The molecule has 1 aromatic carbocycles. The summed E-state index contributed by atoms with van der Waals surface area (Å²) in [6.45, 7) is 5.27. The van der Waals surface area contributed by atoms with Crippen molar-refractivity contribution in [3.05, 3.63) is 41.5 Å². The van der Waals surface area contributed by atoms with E-state index in [9.17, 15) is 13.2 Å². The molecule has 0 unspecified atom stereocenters. The number of piperazine rings is 1. The molecule has 1 heterocycles. The van der Waals surface area contributed by atoms with Gasteiger partial charge in [0, 0.05) is 6.54 Å². The first-order valence-electron chi connectivity index (χ1n) is 10.3. The van der Waals surface area contributed by atoms with Crippen LogP contribution in [0.3, 0.4) is 0 Å². The zero-order valence-corrected chi connectivity index (χ0v) is 17.6. The van der Waals surface area contributed by atoms with Gasteiger partial charge in [0.05, 0.1) is 31.1 Å². The summed E-state index contributed by atoms with van der Waals surface area (Å²) in [4.78, 5) is 13.7. The molecule has 3 rings (SSSR count). The predicted molar refractivity (Wildman–Crippen MR) is 110 cm³/mol. The van der Waals surface area contributed by atoms with Crippen molar-refractivity contribution in [2.24, 2.45) is 0 Å². The largest absolute Gasteiger partial charge is 0.351 e. The number of carbonyl (C=O) groups excluding carboxylic acids is 1. The van der Waals surface area contributed by atoms with Crippen molar-refractivity contribution in [1.82, 2.24) is 9.62 Å². The third-order valence-electron chi connectivity index (χ3n) is 5.65. The highest BCUT2D eigenvalue weighted by atomic mass is 32.2. The van der Waals surface area contributed by atoms with Crippen molar-refractivity contribution in [2.45, 2.75) is 43.9 Å². The lowest BCUT2D eigenvalue weighted by atomic mass is 9.97. The van der Waals surface area contributed by atoms with Crippen molar-refractivity contribution in [2.75, 3.05) is 39.3 Å². The number of carbonyl (C=O) groups is 1. The Balaban J connectivity index is 1.41. The molecule has 154 valence electrons. The molecule has 1 amide bonds. The van der Waals surface area contributed by atoms with E-state index in [1.807, 2.05) is 19.1 Å². The summed E-state index contributed by atoms with van der Waals surface area (Å²) in [5.41, 5.74) is 2.51. The minimum absolute atomic E-state index is 0.0567. The number of rotatable bonds is 7. The maximum atomic E-state index is 12.8. The molecule has 1 aliphatic heterocycles. The summed E-state index contributed by atoms with van der Waals surface area (Å²) >= 11 is 0. The molecule has 0 atom stereocenters. The van der Waals surface area contributed by atoms with Crippen LogP contribution in [0.15, 0.2) is 40.8 Å². The van der Waals surface area contributed by atoms with E-state index in [1.54, 1.807) is 12.1 Å². The smallest absolute Gasteiger partial charge is 0.275 e. The molecule has 7 heteroatoms. The number of hydrogen-bond acceptors (Lipinski definition) is 3. The Hall–Kier alpha value is -1.70. The molecule has 6 nitrogen and oxygen atoms in total. The number of benzene rings is 1. The second-order valence-electron chi connectivity index (χ2n) is 7.85. The standard InChI is InChI=1S/C21H31N3O3S/c1-18-7-9-20(10-8-18)28(26,27)24-15-13-23(14-16-24)17-21(25)22-12-11-19-5-3-2-4-6-19/h5,7-10H,2-4,6,11-17H2,1H3,(H,22,25)/p+1. The Morgan fingerprint density at radius 2 is 1.86 bits per heavy atom. The highest BCUT2D eigenvalue weighted by molar-refractivity contribution is 7.89. The number of hydrogen-bond donors (Lipinski definition) is 2. The molecule has 0 bridgehead atoms. The molecule has 0 radical (unpaired) electrons. The molecule has 2 aliphatic rings. The van der Waals surface area contributed by atoms with Gasteiger partial charge >= 0.3 is 0 Å². The van der Waals surface area contributed by atoms with Crippen LogP contribution in [0.25, 0.3) is 0 Å². The van der Waals surface area contributed by atoms with Crippen LogP contribution >= 0.6 is 0 Å². The topological polar surface area (TPSA) is 70.9 Å². The van der Waals surface area contributed by atoms with Gasteiger partial charge in [0.1, 0.15) is 0 Å². The van der Waals surface area contributed by atoms with Crippen LogP contribution in [0, 0.1) is 6.92 Å². The molecule has 0 saturated carbocycles. The summed E-state index contributed by atoms with van der Waals surface area (Å²) in [5.74, 6) is 0.0567. The van der Waals surface area contributed by atoms with E-state index in [-0.39, 0.29) is 5.91 Å². The quantitative estimate of drug-likeness (QED) is 0.661. The van der Waals surface area contributed by atoms with Crippen LogP contribution in [-0.4, -0.2) is 57.9 Å². The van der Waals surface area contributed by atoms with E-state index in [4.69, 9.17) is 0 Å². The fourth-order valence-corrected chi connectivity index (χ4v) is 5.30. The summed E-state index contributed by atoms with van der Waals surface area (Å²) in [7, 11) is -3.44. The van der Waals surface area contributed by atoms with Crippen LogP contribution in [0.2, 0.25) is 0 Å². The number of aryl methyl sites for hydroxylation is 1. The molecule has 28 heavy (non-hydrogen) atoms. The molecular weight excluding hydrogens is 374 g/mol. The Labute approximate surface area is 168 Å². The normalized spacial score (nSPS) is 19.2.